The third kappa shape index (κ3) is 5.93. The number of anilines is 1. The summed E-state index contributed by atoms with van der Waals surface area (Å²) in [5, 5.41) is 0. The van der Waals surface area contributed by atoms with E-state index < -0.39 is 41.0 Å². The minimum atomic E-state index is -4.81. The molecule has 3 heterocycles. The molecule has 1 saturated heterocycles. The molecule has 2 aromatic heterocycles. The van der Waals surface area contributed by atoms with Crippen LogP contribution in [0.25, 0.3) is 0 Å². The lowest BCUT2D eigenvalue weighted by molar-refractivity contribution is -0.139. The fourth-order valence-electron chi connectivity index (χ4n) is 3.10. The molecule has 14 heteroatoms. The molecule has 0 radical (unpaired) electrons. The average Bonchev–Trinajstić information content (AvgIpc) is 2.76. The number of amides is 1. The predicted octanol–water partition coefficient (Wildman–Crippen LogP) is 3.26. The topological polar surface area (TPSA) is 91.4 Å². The Balaban J connectivity index is 1.52. The van der Waals surface area contributed by atoms with Crippen LogP contribution in [0.2, 0.25) is 0 Å². The number of aromatic amines is 1. The molecular formula is C19H19F6N5O3. The first-order chi connectivity index (χ1) is 15.4. The Morgan fingerprint density at radius 3 is 2.24 bits per heavy atom. The number of nitrogens with one attached hydrogen (secondary N) is 1. The summed E-state index contributed by atoms with van der Waals surface area (Å²) < 4.78 is 81.7. The molecule has 0 bridgehead atoms. The number of nitrogens with zero attached hydrogens (tertiary/aromatic N) is 4. The second-order valence-electron chi connectivity index (χ2n) is 7.40. The molecular weight excluding hydrogens is 460 g/mol. The first-order valence-electron chi connectivity index (χ1n) is 9.72. The second-order valence-corrected chi connectivity index (χ2v) is 7.40. The zero-order valence-corrected chi connectivity index (χ0v) is 17.2. The van der Waals surface area contributed by atoms with Gasteiger partial charge in [-0.3, -0.25) is 4.79 Å². The van der Waals surface area contributed by atoms with Gasteiger partial charge >= 0.3 is 18.4 Å². The van der Waals surface area contributed by atoms with Crippen LogP contribution in [-0.4, -0.2) is 58.7 Å². The summed E-state index contributed by atoms with van der Waals surface area (Å²) in [6.07, 6.45) is -7.52. The van der Waals surface area contributed by atoms with Crippen molar-refractivity contribution in [3.63, 3.8) is 0 Å². The van der Waals surface area contributed by atoms with Gasteiger partial charge in [-0.05, 0) is 11.6 Å². The first kappa shape index (κ1) is 24.3. The molecule has 1 fully saturated rings. The fourth-order valence-corrected chi connectivity index (χ4v) is 3.10. The normalized spacial score (nSPS) is 16.0. The molecule has 0 spiro atoms. The van der Waals surface area contributed by atoms with Gasteiger partial charge < -0.3 is 19.5 Å². The molecule has 1 aliphatic heterocycles. The van der Waals surface area contributed by atoms with Crippen LogP contribution in [0.4, 0.5) is 37.1 Å². The van der Waals surface area contributed by atoms with Gasteiger partial charge in [0.05, 0.1) is 12.2 Å². The molecule has 0 saturated carbocycles. The Morgan fingerprint density at radius 1 is 1.09 bits per heavy atom. The molecule has 1 N–H and O–H groups in total. The van der Waals surface area contributed by atoms with Crippen LogP contribution in [0, 0.1) is 0 Å². The molecule has 2 aromatic rings. The van der Waals surface area contributed by atoms with Crippen molar-refractivity contribution in [3.05, 3.63) is 51.7 Å². The van der Waals surface area contributed by atoms with Crippen LogP contribution in [0.1, 0.15) is 29.5 Å². The molecule has 1 aliphatic rings. The number of carbonyl (C=O) groups is 1. The van der Waals surface area contributed by atoms with Crippen molar-refractivity contribution in [1.29, 1.82) is 0 Å². The SMILES string of the molecule is CC(COC(=O)N1CCN(c2ncc(C(F)(F)F)cn2)CC1)c1c[nH]c(=O)c(C(F)(F)F)c1. The van der Waals surface area contributed by atoms with Crippen molar-refractivity contribution in [2.45, 2.75) is 25.2 Å². The Kier molecular flexibility index (Phi) is 6.84. The summed E-state index contributed by atoms with van der Waals surface area (Å²) in [4.78, 5) is 36.1. The third-order valence-electron chi connectivity index (χ3n) is 5.04. The maximum atomic E-state index is 12.9. The summed E-state index contributed by atoms with van der Waals surface area (Å²) in [5.74, 6) is -0.517. The number of halogens is 6. The van der Waals surface area contributed by atoms with Crippen LogP contribution in [0.3, 0.4) is 0 Å². The van der Waals surface area contributed by atoms with Gasteiger partial charge in [0, 0.05) is 50.7 Å². The minimum Gasteiger partial charge on any atom is -0.449 e. The Morgan fingerprint density at radius 2 is 1.70 bits per heavy atom. The van der Waals surface area contributed by atoms with Crippen LogP contribution < -0.4 is 10.5 Å². The molecule has 1 unspecified atom stereocenters. The van der Waals surface area contributed by atoms with E-state index in [9.17, 15) is 35.9 Å². The highest BCUT2D eigenvalue weighted by Crippen LogP contribution is 2.29. The highest BCUT2D eigenvalue weighted by atomic mass is 19.4. The number of pyridine rings is 1. The number of carbonyl (C=O) groups excluding carboxylic acids is 1. The van der Waals surface area contributed by atoms with E-state index in [4.69, 9.17) is 4.74 Å². The number of ether oxygens (including phenoxy) is 1. The standard InChI is InChI=1S/C19H19F6N5O3/c1-11(12-6-14(19(23,24)25)15(31)26-7-12)10-33-17(32)30-4-2-29(3-5-30)16-27-8-13(9-28-16)18(20,21)22/h6-9,11H,2-5,10H2,1H3,(H,26,31). The number of piperazine rings is 1. The lowest BCUT2D eigenvalue weighted by Crippen LogP contribution is -2.49. The van der Waals surface area contributed by atoms with Crippen LogP contribution >= 0.6 is 0 Å². The van der Waals surface area contributed by atoms with E-state index >= 15 is 0 Å². The number of H-pyrrole nitrogens is 1. The zero-order chi connectivity index (χ0) is 24.4. The van der Waals surface area contributed by atoms with E-state index in [0.717, 1.165) is 12.3 Å². The van der Waals surface area contributed by atoms with Crippen molar-refractivity contribution < 1.29 is 35.9 Å². The third-order valence-corrected chi connectivity index (χ3v) is 5.04. The van der Waals surface area contributed by atoms with Crippen molar-refractivity contribution in [2.75, 3.05) is 37.7 Å². The van der Waals surface area contributed by atoms with Gasteiger partial charge in [0.1, 0.15) is 5.56 Å². The number of alkyl halides is 6. The largest absolute Gasteiger partial charge is 0.449 e. The summed E-state index contributed by atoms with van der Waals surface area (Å²) in [6.45, 7) is 2.21. The summed E-state index contributed by atoms with van der Waals surface area (Å²) >= 11 is 0. The van der Waals surface area contributed by atoms with E-state index in [0.29, 0.717) is 12.4 Å². The molecule has 0 aromatic carbocycles. The van der Waals surface area contributed by atoms with Crippen molar-refractivity contribution in [3.8, 4) is 0 Å². The summed E-state index contributed by atoms with van der Waals surface area (Å²) in [5.41, 5.74) is -3.41. The lowest BCUT2D eigenvalue weighted by Gasteiger charge is -2.34. The van der Waals surface area contributed by atoms with E-state index in [1.807, 2.05) is 4.98 Å². The first-order valence-corrected chi connectivity index (χ1v) is 9.72. The monoisotopic (exact) mass is 479 g/mol. The molecule has 8 nitrogen and oxygen atoms in total. The number of rotatable bonds is 4. The van der Waals surface area contributed by atoms with Gasteiger partial charge in [-0.15, -0.1) is 0 Å². The summed E-state index contributed by atoms with van der Waals surface area (Å²) in [7, 11) is 0. The number of hydrogen-bond acceptors (Lipinski definition) is 6. The quantitative estimate of drug-likeness (QED) is 0.677. The Labute approximate surface area is 183 Å². The van der Waals surface area contributed by atoms with Crippen molar-refractivity contribution >= 4 is 12.0 Å². The minimum absolute atomic E-state index is 0.100. The molecule has 0 aliphatic carbocycles. The molecule has 1 atom stereocenters. The average molecular weight is 479 g/mol. The highest BCUT2D eigenvalue weighted by molar-refractivity contribution is 5.68. The second kappa shape index (κ2) is 9.27. The maximum Gasteiger partial charge on any atom is 0.421 e. The lowest BCUT2D eigenvalue weighted by atomic mass is 10.0. The van der Waals surface area contributed by atoms with E-state index in [1.54, 1.807) is 11.8 Å². The van der Waals surface area contributed by atoms with Gasteiger partial charge in [-0.2, -0.15) is 26.3 Å². The van der Waals surface area contributed by atoms with Gasteiger partial charge in [0.25, 0.3) is 5.56 Å². The molecule has 1 amide bonds. The fraction of sp³-hybridized carbons (Fsp3) is 0.474. The van der Waals surface area contributed by atoms with E-state index in [1.165, 1.54) is 4.90 Å². The molecule has 3 rings (SSSR count). The van der Waals surface area contributed by atoms with E-state index in [-0.39, 0.29) is 44.3 Å². The molecule has 33 heavy (non-hydrogen) atoms. The predicted molar refractivity (Wildman–Crippen MR) is 103 cm³/mol. The number of hydrogen-bond donors (Lipinski definition) is 1. The van der Waals surface area contributed by atoms with Crippen molar-refractivity contribution in [2.24, 2.45) is 0 Å². The zero-order valence-electron chi connectivity index (χ0n) is 17.2. The van der Waals surface area contributed by atoms with E-state index in [2.05, 4.69) is 9.97 Å². The Hall–Kier alpha value is -3.32. The van der Waals surface area contributed by atoms with Crippen LogP contribution in [-0.2, 0) is 17.1 Å². The number of aromatic nitrogens is 3. The van der Waals surface area contributed by atoms with Gasteiger partial charge in [0.15, 0.2) is 0 Å². The van der Waals surface area contributed by atoms with Gasteiger partial charge in [-0.25, -0.2) is 14.8 Å². The summed E-state index contributed by atoms with van der Waals surface area (Å²) in [6, 6.07) is 0.722. The maximum absolute atomic E-state index is 12.9. The smallest absolute Gasteiger partial charge is 0.421 e. The van der Waals surface area contributed by atoms with Crippen LogP contribution in [0.15, 0.2) is 29.5 Å². The van der Waals surface area contributed by atoms with Gasteiger partial charge in [-0.1, -0.05) is 6.92 Å². The van der Waals surface area contributed by atoms with Crippen LogP contribution in [0.5, 0.6) is 0 Å². The van der Waals surface area contributed by atoms with Gasteiger partial charge in [0.2, 0.25) is 5.95 Å². The highest BCUT2D eigenvalue weighted by Gasteiger charge is 2.35. The molecule has 180 valence electrons. The Bertz CT molecular complexity index is 1030. The van der Waals surface area contributed by atoms with Crippen molar-refractivity contribution in [1.82, 2.24) is 19.9 Å².